The van der Waals surface area contributed by atoms with Crippen molar-refractivity contribution in [2.24, 2.45) is 0 Å². The van der Waals surface area contributed by atoms with Crippen molar-refractivity contribution in [2.75, 3.05) is 4.90 Å². The molecule has 10 aromatic rings. The fraction of sp³-hybridized carbons (Fsp3) is 0.0612. The van der Waals surface area contributed by atoms with Gasteiger partial charge in [0.15, 0.2) is 0 Å². The summed E-state index contributed by atoms with van der Waals surface area (Å²) in [6, 6.07) is 60.0. The van der Waals surface area contributed by atoms with E-state index in [1.54, 1.807) is 0 Å². The molecule has 0 aliphatic heterocycles. The normalized spacial score (nSPS) is 13.3. The molecule has 1 aliphatic rings. The molecule has 0 atom stereocenters. The van der Waals surface area contributed by atoms with Crippen LogP contribution >= 0.6 is 11.3 Å². The van der Waals surface area contributed by atoms with Gasteiger partial charge in [-0.3, -0.25) is 0 Å². The summed E-state index contributed by atoms with van der Waals surface area (Å²) in [6.45, 7) is 4.71. The maximum absolute atomic E-state index is 6.53. The van der Waals surface area contributed by atoms with Crippen molar-refractivity contribution in [3.8, 4) is 22.3 Å². The fourth-order valence-electron chi connectivity index (χ4n) is 8.71. The second kappa shape index (κ2) is 10.9. The predicted octanol–water partition coefficient (Wildman–Crippen LogP) is 14.6. The highest BCUT2D eigenvalue weighted by molar-refractivity contribution is 7.25. The summed E-state index contributed by atoms with van der Waals surface area (Å²) in [6.07, 6.45) is 0. The van der Waals surface area contributed by atoms with Crippen LogP contribution in [-0.2, 0) is 5.41 Å². The number of hydrogen-bond donors (Lipinski definition) is 0. The first-order valence-corrected chi connectivity index (χ1v) is 18.7. The van der Waals surface area contributed by atoms with E-state index < -0.39 is 0 Å². The number of thiophene rings is 1. The van der Waals surface area contributed by atoms with Crippen molar-refractivity contribution in [3.05, 3.63) is 175 Å². The zero-order valence-electron chi connectivity index (χ0n) is 28.9. The number of benzene rings is 8. The Labute approximate surface area is 305 Å². The van der Waals surface area contributed by atoms with Gasteiger partial charge >= 0.3 is 0 Å². The minimum absolute atomic E-state index is 0.0974. The molecule has 0 saturated heterocycles. The summed E-state index contributed by atoms with van der Waals surface area (Å²) in [5, 5.41) is 7.21. The highest BCUT2D eigenvalue weighted by Crippen LogP contribution is 2.51. The molecular weight excluding hydrogens is 651 g/mol. The van der Waals surface area contributed by atoms with Gasteiger partial charge in [0.25, 0.3) is 0 Å². The predicted molar refractivity (Wildman–Crippen MR) is 222 cm³/mol. The maximum atomic E-state index is 6.53. The molecule has 2 nitrogen and oxygen atoms in total. The van der Waals surface area contributed by atoms with Gasteiger partial charge in [0.05, 0.1) is 0 Å². The first kappa shape index (κ1) is 29.6. The van der Waals surface area contributed by atoms with E-state index >= 15 is 0 Å². The van der Waals surface area contributed by atoms with E-state index in [2.05, 4.69) is 176 Å². The first-order valence-electron chi connectivity index (χ1n) is 17.9. The summed E-state index contributed by atoms with van der Waals surface area (Å²) < 4.78 is 9.15. The van der Waals surface area contributed by atoms with Crippen molar-refractivity contribution in [2.45, 2.75) is 19.3 Å². The summed E-state index contributed by atoms with van der Waals surface area (Å²) in [5.41, 5.74) is 12.9. The lowest BCUT2D eigenvalue weighted by Gasteiger charge is -2.28. The van der Waals surface area contributed by atoms with Crippen LogP contribution in [0.1, 0.15) is 25.0 Å². The van der Waals surface area contributed by atoms with Crippen LogP contribution in [0.5, 0.6) is 0 Å². The second-order valence-electron chi connectivity index (χ2n) is 14.5. The summed E-state index contributed by atoms with van der Waals surface area (Å²) in [7, 11) is 0. The average Bonchev–Trinajstić information content (AvgIpc) is 3.83. The monoisotopic (exact) mass is 683 g/mol. The molecule has 0 spiro atoms. The van der Waals surface area contributed by atoms with E-state index in [4.69, 9.17) is 4.42 Å². The number of fused-ring (bicyclic) bond motifs is 11. The van der Waals surface area contributed by atoms with Crippen LogP contribution in [0, 0.1) is 0 Å². The topological polar surface area (TPSA) is 16.4 Å². The van der Waals surface area contributed by atoms with E-state index in [-0.39, 0.29) is 5.41 Å². The minimum Gasteiger partial charge on any atom is -0.455 e. The molecule has 0 radical (unpaired) electrons. The van der Waals surface area contributed by atoms with Crippen LogP contribution in [0.4, 0.5) is 17.1 Å². The molecule has 0 fully saturated rings. The standard InChI is InChI=1S/C49H33NOS/c1-49(2)42-16-8-5-13-36(42)37-25-23-34(29-43(37)49)50(33-24-26-46-41(28-33)38-14-7-10-18-45(38)52-46)32-21-19-30(20-22-32)40-27-31-11-3-4-12-35(31)48-47(40)39-15-6-9-17-44(39)51-48/h3-29H,1-2H3. The molecule has 2 aromatic heterocycles. The van der Waals surface area contributed by atoms with Crippen molar-refractivity contribution in [1.29, 1.82) is 0 Å². The molecule has 52 heavy (non-hydrogen) atoms. The van der Waals surface area contributed by atoms with Crippen LogP contribution in [0.3, 0.4) is 0 Å². The smallest absolute Gasteiger partial charge is 0.143 e. The molecule has 2 heterocycles. The van der Waals surface area contributed by atoms with E-state index in [1.165, 1.54) is 53.4 Å². The zero-order valence-corrected chi connectivity index (χ0v) is 29.7. The van der Waals surface area contributed by atoms with Crippen LogP contribution < -0.4 is 4.90 Å². The van der Waals surface area contributed by atoms with Gasteiger partial charge in [-0.25, -0.2) is 0 Å². The van der Waals surface area contributed by atoms with Gasteiger partial charge in [0.2, 0.25) is 0 Å². The molecule has 0 unspecified atom stereocenters. The Morgan fingerprint density at radius 3 is 2.02 bits per heavy atom. The van der Waals surface area contributed by atoms with Crippen LogP contribution in [-0.4, -0.2) is 0 Å². The fourth-order valence-corrected chi connectivity index (χ4v) is 9.80. The largest absolute Gasteiger partial charge is 0.455 e. The van der Waals surface area contributed by atoms with Gasteiger partial charge in [-0.1, -0.05) is 117 Å². The lowest BCUT2D eigenvalue weighted by atomic mass is 9.82. The summed E-state index contributed by atoms with van der Waals surface area (Å²) in [5.74, 6) is 0. The quantitative estimate of drug-likeness (QED) is 0.184. The van der Waals surface area contributed by atoms with Gasteiger partial charge in [-0.15, -0.1) is 11.3 Å². The first-order chi connectivity index (χ1) is 25.5. The molecule has 0 N–H and O–H groups in total. The van der Waals surface area contributed by atoms with E-state index in [1.807, 2.05) is 17.4 Å². The highest BCUT2D eigenvalue weighted by atomic mass is 32.1. The van der Waals surface area contributed by atoms with Crippen molar-refractivity contribution in [3.63, 3.8) is 0 Å². The van der Waals surface area contributed by atoms with Gasteiger partial charge in [-0.05, 0) is 99.4 Å². The third-order valence-electron chi connectivity index (χ3n) is 11.3. The van der Waals surface area contributed by atoms with Crippen molar-refractivity contribution in [1.82, 2.24) is 0 Å². The SMILES string of the molecule is CC1(C)c2ccccc2-c2ccc(N(c3ccc(-c4cc5ccccc5c5oc6ccccc6c45)cc3)c3ccc4sc5ccccc5c4c3)cc21. The number of para-hydroxylation sites is 1. The number of nitrogens with zero attached hydrogens (tertiary/aromatic N) is 1. The molecule has 11 rings (SSSR count). The minimum atomic E-state index is -0.0974. The van der Waals surface area contributed by atoms with E-state index in [0.717, 1.165) is 50.0 Å². The molecule has 0 saturated carbocycles. The third kappa shape index (κ3) is 4.23. The average molecular weight is 684 g/mol. The van der Waals surface area contributed by atoms with Crippen LogP contribution in [0.2, 0.25) is 0 Å². The Morgan fingerprint density at radius 1 is 0.481 bits per heavy atom. The molecule has 246 valence electrons. The molecule has 0 bridgehead atoms. The van der Waals surface area contributed by atoms with E-state index in [0.29, 0.717) is 0 Å². The third-order valence-corrected chi connectivity index (χ3v) is 12.4. The van der Waals surface area contributed by atoms with Crippen LogP contribution in [0.25, 0.3) is 75.1 Å². The number of anilines is 3. The Morgan fingerprint density at radius 2 is 1.13 bits per heavy atom. The molecular formula is C49H33NOS. The molecule has 1 aliphatic carbocycles. The van der Waals surface area contributed by atoms with Crippen molar-refractivity contribution < 1.29 is 4.42 Å². The van der Waals surface area contributed by atoms with E-state index in [9.17, 15) is 0 Å². The Bertz CT molecular complexity index is 3050. The Kier molecular flexibility index (Phi) is 6.21. The summed E-state index contributed by atoms with van der Waals surface area (Å²) in [4.78, 5) is 2.43. The Balaban J connectivity index is 1.11. The maximum Gasteiger partial charge on any atom is 0.143 e. The number of hydrogen-bond acceptors (Lipinski definition) is 3. The van der Waals surface area contributed by atoms with Gasteiger partial charge in [-0.2, -0.15) is 0 Å². The van der Waals surface area contributed by atoms with Gasteiger partial charge in [0, 0.05) is 58.8 Å². The van der Waals surface area contributed by atoms with Crippen molar-refractivity contribution >= 4 is 81.3 Å². The molecule has 0 amide bonds. The Hall–Kier alpha value is -6.16. The highest BCUT2D eigenvalue weighted by Gasteiger charge is 2.35. The lowest BCUT2D eigenvalue weighted by Crippen LogP contribution is -2.16. The summed E-state index contributed by atoms with van der Waals surface area (Å²) >= 11 is 1.86. The number of furan rings is 1. The zero-order chi connectivity index (χ0) is 34.6. The van der Waals surface area contributed by atoms with Gasteiger partial charge < -0.3 is 9.32 Å². The molecule has 3 heteroatoms. The second-order valence-corrected chi connectivity index (χ2v) is 15.6. The number of rotatable bonds is 4. The van der Waals surface area contributed by atoms with Crippen LogP contribution in [0.15, 0.2) is 168 Å². The lowest BCUT2D eigenvalue weighted by molar-refractivity contribution is 0.660. The van der Waals surface area contributed by atoms with Gasteiger partial charge in [0.1, 0.15) is 11.2 Å². The molecule has 8 aromatic carbocycles.